The minimum absolute atomic E-state index is 0. The molecule has 0 saturated carbocycles. The second-order valence-electron chi connectivity index (χ2n) is 4.51. The van der Waals surface area contributed by atoms with Gasteiger partial charge in [-0.3, -0.25) is 4.79 Å². The molecule has 0 aromatic heterocycles. The lowest BCUT2D eigenvalue weighted by Gasteiger charge is -2.21. The van der Waals surface area contributed by atoms with Crippen LogP contribution in [0.3, 0.4) is 0 Å². The first-order valence-corrected chi connectivity index (χ1v) is 5.50. The van der Waals surface area contributed by atoms with Crippen molar-refractivity contribution in [3.63, 3.8) is 0 Å². The summed E-state index contributed by atoms with van der Waals surface area (Å²) in [6.45, 7) is 4.36. The van der Waals surface area contributed by atoms with Crippen molar-refractivity contribution in [3.8, 4) is 5.75 Å². The van der Waals surface area contributed by atoms with Gasteiger partial charge in [0.25, 0.3) is 0 Å². The third-order valence-electron chi connectivity index (χ3n) is 2.50. The van der Waals surface area contributed by atoms with Crippen LogP contribution in [0, 0.1) is 5.41 Å². The number of halogens is 1. The molecule has 0 spiro atoms. The smallest absolute Gasteiger partial charge is 0.314 e. The second kappa shape index (κ2) is 7.24. The first kappa shape index (κ1) is 16.7. The average molecular weight is 274 g/mol. The van der Waals surface area contributed by atoms with Gasteiger partial charge >= 0.3 is 5.97 Å². The van der Waals surface area contributed by atoms with Crippen LogP contribution in [0.5, 0.6) is 5.75 Å². The molecule has 0 heterocycles. The van der Waals surface area contributed by atoms with Gasteiger partial charge < -0.3 is 15.2 Å². The van der Waals surface area contributed by atoms with Crippen LogP contribution >= 0.6 is 12.4 Å². The SMILES string of the molecule is COC(=O)C(C)(C)COc1ccc(CN)cc1.Cl. The Kier molecular flexibility index (Phi) is 6.73. The van der Waals surface area contributed by atoms with Gasteiger partial charge in [-0.1, -0.05) is 12.1 Å². The number of rotatable bonds is 5. The Morgan fingerprint density at radius 3 is 2.28 bits per heavy atom. The Morgan fingerprint density at radius 2 is 1.83 bits per heavy atom. The summed E-state index contributed by atoms with van der Waals surface area (Å²) in [5, 5.41) is 0. The number of hydrogen-bond donors (Lipinski definition) is 1. The van der Waals surface area contributed by atoms with E-state index in [0.29, 0.717) is 6.54 Å². The van der Waals surface area contributed by atoms with E-state index in [0.717, 1.165) is 11.3 Å². The summed E-state index contributed by atoms with van der Waals surface area (Å²) in [7, 11) is 1.38. The predicted octanol–water partition coefficient (Wildman–Crippen LogP) is 2.15. The lowest BCUT2D eigenvalue weighted by Crippen LogP contribution is -2.32. The summed E-state index contributed by atoms with van der Waals surface area (Å²) in [4.78, 5) is 11.4. The second-order valence-corrected chi connectivity index (χ2v) is 4.51. The number of ether oxygens (including phenoxy) is 2. The highest BCUT2D eigenvalue weighted by Crippen LogP contribution is 2.20. The molecule has 102 valence electrons. The molecule has 0 fully saturated rings. The topological polar surface area (TPSA) is 61.5 Å². The zero-order chi connectivity index (χ0) is 12.9. The van der Waals surface area contributed by atoms with Gasteiger partial charge in [0.05, 0.1) is 12.5 Å². The van der Waals surface area contributed by atoms with E-state index in [1.807, 2.05) is 24.3 Å². The number of benzene rings is 1. The Balaban J connectivity index is 0.00000289. The molecule has 1 rings (SSSR count). The van der Waals surface area contributed by atoms with E-state index in [9.17, 15) is 4.79 Å². The van der Waals surface area contributed by atoms with E-state index in [2.05, 4.69) is 0 Å². The number of esters is 1. The third kappa shape index (κ3) is 4.55. The Bertz CT molecular complexity index is 376. The van der Waals surface area contributed by atoms with E-state index < -0.39 is 5.41 Å². The maximum Gasteiger partial charge on any atom is 0.314 e. The van der Waals surface area contributed by atoms with E-state index in [-0.39, 0.29) is 25.0 Å². The lowest BCUT2D eigenvalue weighted by atomic mass is 9.95. The number of carbonyl (C=O) groups excluding carboxylic acids is 1. The summed E-state index contributed by atoms with van der Waals surface area (Å²) in [5.41, 5.74) is 5.89. The molecule has 0 atom stereocenters. The fraction of sp³-hybridized carbons (Fsp3) is 0.462. The monoisotopic (exact) mass is 273 g/mol. The zero-order valence-electron chi connectivity index (χ0n) is 10.9. The molecular weight excluding hydrogens is 254 g/mol. The summed E-state index contributed by atoms with van der Waals surface area (Å²) in [6, 6.07) is 7.49. The van der Waals surface area contributed by atoms with Crippen molar-refractivity contribution in [2.45, 2.75) is 20.4 Å². The summed E-state index contributed by atoms with van der Waals surface area (Å²) < 4.78 is 10.3. The van der Waals surface area contributed by atoms with Gasteiger partial charge in [0.15, 0.2) is 0 Å². The predicted molar refractivity (Wildman–Crippen MR) is 72.9 cm³/mol. The molecule has 0 aliphatic rings. The minimum atomic E-state index is -0.651. The molecule has 5 heteroatoms. The molecule has 1 aromatic carbocycles. The Labute approximate surface area is 114 Å². The molecule has 18 heavy (non-hydrogen) atoms. The van der Waals surface area contributed by atoms with Gasteiger partial charge in [0.2, 0.25) is 0 Å². The van der Waals surface area contributed by atoms with Crippen LogP contribution in [-0.4, -0.2) is 19.7 Å². The highest BCUT2D eigenvalue weighted by molar-refractivity contribution is 5.85. The van der Waals surface area contributed by atoms with Crippen molar-refractivity contribution >= 4 is 18.4 Å². The van der Waals surface area contributed by atoms with Crippen molar-refractivity contribution in [2.75, 3.05) is 13.7 Å². The van der Waals surface area contributed by atoms with Crippen molar-refractivity contribution < 1.29 is 14.3 Å². The molecule has 0 bridgehead atoms. The maximum absolute atomic E-state index is 11.4. The van der Waals surface area contributed by atoms with Crippen molar-refractivity contribution in [1.29, 1.82) is 0 Å². The number of nitrogens with two attached hydrogens (primary N) is 1. The molecule has 0 saturated heterocycles. The lowest BCUT2D eigenvalue weighted by molar-refractivity contribution is -0.152. The standard InChI is InChI=1S/C13H19NO3.ClH/c1-13(2,12(15)16-3)9-17-11-6-4-10(8-14)5-7-11;/h4-7H,8-9,14H2,1-3H3;1H. The molecule has 0 radical (unpaired) electrons. The summed E-state index contributed by atoms with van der Waals surface area (Å²) >= 11 is 0. The molecule has 0 aliphatic heterocycles. The van der Waals surface area contributed by atoms with Gasteiger partial charge in [-0.05, 0) is 31.5 Å². The largest absolute Gasteiger partial charge is 0.492 e. The van der Waals surface area contributed by atoms with Crippen LogP contribution in [0.25, 0.3) is 0 Å². The van der Waals surface area contributed by atoms with E-state index in [1.165, 1.54) is 7.11 Å². The minimum Gasteiger partial charge on any atom is -0.492 e. The maximum atomic E-state index is 11.4. The Morgan fingerprint density at radius 1 is 1.28 bits per heavy atom. The van der Waals surface area contributed by atoms with Crippen LogP contribution in [0.2, 0.25) is 0 Å². The van der Waals surface area contributed by atoms with Crippen molar-refractivity contribution in [3.05, 3.63) is 29.8 Å². The quantitative estimate of drug-likeness (QED) is 0.835. The van der Waals surface area contributed by atoms with Crippen molar-refractivity contribution in [1.82, 2.24) is 0 Å². The van der Waals surface area contributed by atoms with Crippen LogP contribution in [0.4, 0.5) is 0 Å². The van der Waals surface area contributed by atoms with Gasteiger partial charge in [-0.15, -0.1) is 12.4 Å². The molecular formula is C13H20ClNO3. The first-order chi connectivity index (χ1) is 7.99. The van der Waals surface area contributed by atoms with Crippen molar-refractivity contribution in [2.24, 2.45) is 11.1 Å². The third-order valence-corrected chi connectivity index (χ3v) is 2.50. The number of carbonyl (C=O) groups is 1. The van der Waals surface area contributed by atoms with Crippen LogP contribution in [0.15, 0.2) is 24.3 Å². The van der Waals surface area contributed by atoms with E-state index >= 15 is 0 Å². The molecule has 0 unspecified atom stereocenters. The number of methoxy groups -OCH3 is 1. The normalized spacial score (nSPS) is 10.4. The van der Waals surface area contributed by atoms with Crippen LogP contribution < -0.4 is 10.5 Å². The number of hydrogen-bond acceptors (Lipinski definition) is 4. The molecule has 2 N–H and O–H groups in total. The van der Waals surface area contributed by atoms with Crippen LogP contribution in [-0.2, 0) is 16.1 Å². The zero-order valence-corrected chi connectivity index (χ0v) is 11.8. The Hall–Kier alpha value is -1.26. The highest BCUT2D eigenvalue weighted by Gasteiger charge is 2.29. The highest BCUT2D eigenvalue weighted by atomic mass is 35.5. The fourth-order valence-electron chi connectivity index (χ4n) is 1.32. The fourth-order valence-corrected chi connectivity index (χ4v) is 1.32. The molecule has 4 nitrogen and oxygen atoms in total. The van der Waals surface area contributed by atoms with E-state index in [1.54, 1.807) is 13.8 Å². The average Bonchev–Trinajstić information content (AvgIpc) is 2.36. The molecule has 0 amide bonds. The van der Waals surface area contributed by atoms with Crippen LogP contribution in [0.1, 0.15) is 19.4 Å². The first-order valence-electron chi connectivity index (χ1n) is 5.50. The van der Waals surface area contributed by atoms with Gasteiger partial charge in [0, 0.05) is 6.54 Å². The summed E-state index contributed by atoms with van der Waals surface area (Å²) in [6.07, 6.45) is 0. The molecule has 0 aliphatic carbocycles. The van der Waals surface area contributed by atoms with Gasteiger partial charge in [-0.25, -0.2) is 0 Å². The van der Waals surface area contributed by atoms with Gasteiger partial charge in [-0.2, -0.15) is 0 Å². The molecule has 1 aromatic rings. The van der Waals surface area contributed by atoms with E-state index in [4.69, 9.17) is 15.2 Å². The van der Waals surface area contributed by atoms with Gasteiger partial charge in [0.1, 0.15) is 12.4 Å². The summed E-state index contributed by atoms with van der Waals surface area (Å²) in [5.74, 6) is 0.440.